The number of nitro benzene ring substituents is 1. The largest absolute Gasteiger partial charge is 0.492 e. The molecule has 1 aromatic rings. The number of unbranched alkanes of at least 4 members (excludes halogenated alkanes) is 2. The highest BCUT2D eigenvalue weighted by atomic mass is 35.5. The van der Waals surface area contributed by atoms with Crippen LogP contribution in [0.3, 0.4) is 0 Å². The van der Waals surface area contributed by atoms with Crippen LogP contribution in [0, 0.1) is 10.1 Å². The van der Waals surface area contributed by atoms with Gasteiger partial charge in [0.1, 0.15) is 5.75 Å². The van der Waals surface area contributed by atoms with E-state index in [-0.39, 0.29) is 17.1 Å². The summed E-state index contributed by atoms with van der Waals surface area (Å²) in [6, 6.07) is 4.02. The Morgan fingerprint density at radius 1 is 1.37 bits per heavy atom. The first kappa shape index (κ1) is 15.2. The Morgan fingerprint density at radius 2 is 2.11 bits per heavy atom. The molecule has 0 saturated carbocycles. The molecule has 104 valence electrons. The van der Waals surface area contributed by atoms with Gasteiger partial charge in [-0.2, -0.15) is 0 Å². The van der Waals surface area contributed by atoms with Gasteiger partial charge in [0.15, 0.2) is 0 Å². The normalized spacial score (nSPS) is 10.2. The number of nitro groups is 1. The molecule has 0 atom stereocenters. The number of halogens is 1. The second-order valence-electron chi connectivity index (χ2n) is 3.92. The van der Waals surface area contributed by atoms with Gasteiger partial charge in [-0.3, -0.25) is 14.9 Å². The van der Waals surface area contributed by atoms with Crippen LogP contribution < -0.4 is 4.74 Å². The Hall–Kier alpha value is -1.82. The number of non-ortho nitro benzene ring substituents is 1. The summed E-state index contributed by atoms with van der Waals surface area (Å²) in [6.07, 6.45) is 2.21. The van der Waals surface area contributed by atoms with Crippen molar-refractivity contribution in [2.24, 2.45) is 0 Å². The molecule has 0 heterocycles. The monoisotopic (exact) mass is 287 g/mol. The molecule has 1 rings (SSSR count). The lowest BCUT2D eigenvalue weighted by Crippen LogP contribution is -2.00. The van der Waals surface area contributed by atoms with E-state index in [1.807, 2.05) is 0 Å². The number of carbonyl (C=O) groups is 1. The fraction of sp³-hybridized carbons (Fsp3) is 0.417. The SMILES string of the molecule is O=C(O)CCCCCOc1ccc([N+](=O)[O-])cc1Cl. The van der Waals surface area contributed by atoms with Crippen LogP contribution in [0.15, 0.2) is 18.2 Å². The summed E-state index contributed by atoms with van der Waals surface area (Å²) in [5, 5.41) is 19.2. The molecule has 6 nitrogen and oxygen atoms in total. The molecule has 0 radical (unpaired) electrons. The number of carboxylic acids is 1. The van der Waals surface area contributed by atoms with Crippen molar-refractivity contribution >= 4 is 23.3 Å². The van der Waals surface area contributed by atoms with Crippen LogP contribution in [0.4, 0.5) is 5.69 Å². The lowest BCUT2D eigenvalue weighted by molar-refractivity contribution is -0.384. The van der Waals surface area contributed by atoms with E-state index in [2.05, 4.69) is 0 Å². The molecule has 0 aliphatic heterocycles. The van der Waals surface area contributed by atoms with E-state index >= 15 is 0 Å². The minimum absolute atomic E-state index is 0.0844. The number of aliphatic carboxylic acids is 1. The molecule has 7 heteroatoms. The third kappa shape index (κ3) is 5.56. The second-order valence-corrected chi connectivity index (χ2v) is 4.33. The Kier molecular flexibility index (Phi) is 6.08. The van der Waals surface area contributed by atoms with Gasteiger partial charge in [0.25, 0.3) is 5.69 Å². The lowest BCUT2D eigenvalue weighted by Gasteiger charge is -2.07. The molecule has 0 unspecified atom stereocenters. The topological polar surface area (TPSA) is 89.7 Å². The van der Waals surface area contributed by atoms with Crippen LogP contribution >= 0.6 is 11.6 Å². The van der Waals surface area contributed by atoms with E-state index in [0.29, 0.717) is 25.2 Å². The summed E-state index contributed by atoms with van der Waals surface area (Å²) in [4.78, 5) is 20.3. The first-order chi connectivity index (χ1) is 9.00. The summed E-state index contributed by atoms with van der Waals surface area (Å²) in [7, 11) is 0. The zero-order valence-electron chi connectivity index (χ0n) is 10.2. The zero-order valence-corrected chi connectivity index (χ0v) is 10.9. The van der Waals surface area contributed by atoms with Crippen LogP contribution in [-0.2, 0) is 4.79 Å². The molecule has 0 bridgehead atoms. The van der Waals surface area contributed by atoms with Gasteiger partial charge >= 0.3 is 5.97 Å². The maximum atomic E-state index is 10.5. The van der Waals surface area contributed by atoms with Gasteiger partial charge in [-0.1, -0.05) is 11.6 Å². The van der Waals surface area contributed by atoms with Gasteiger partial charge in [-0.15, -0.1) is 0 Å². The van der Waals surface area contributed by atoms with Crippen molar-refractivity contribution in [3.8, 4) is 5.75 Å². The van der Waals surface area contributed by atoms with Gasteiger partial charge in [0, 0.05) is 18.6 Å². The minimum Gasteiger partial charge on any atom is -0.492 e. The standard InChI is InChI=1S/C12H14ClNO5/c13-10-8-9(14(17)18)5-6-11(10)19-7-3-1-2-4-12(15)16/h5-6,8H,1-4,7H2,(H,15,16). The van der Waals surface area contributed by atoms with Crippen molar-refractivity contribution in [2.75, 3.05) is 6.61 Å². The molecule has 0 saturated heterocycles. The van der Waals surface area contributed by atoms with Crippen molar-refractivity contribution in [2.45, 2.75) is 25.7 Å². The molecule has 0 aromatic heterocycles. The quantitative estimate of drug-likeness (QED) is 0.450. The van der Waals surface area contributed by atoms with Crippen LogP contribution in [0.1, 0.15) is 25.7 Å². The molecule has 0 spiro atoms. The van der Waals surface area contributed by atoms with E-state index in [4.69, 9.17) is 21.4 Å². The van der Waals surface area contributed by atoms with E-state index in [0.717, 1.165) is 6.42 Å². The fourth-order valence-corrected chi connectivity index (χ4v) is 1.69. The maximum Gasteiger partial charge on any atom is 0.303 e. The predicted molar refractivity (Wildman–Crippen MR) is 69.7 cm³/mol. The van der Waals surface area contributed by atoms with Crippen molar-refractivity contribution < 1.29 is 19.6 Å². The molecule has 0 aliphatic carbocycles. The molecular weight excluding hydrogens is 274 g/mol. The molecule has 19 heavy (non-hydrogen) atoms. The van der Waals surface area contributed by atoms with Gasteiger partial charge in [0.2, 0.25) is 0 Å². The Morgan fingerprint density at radius 3 is 2.68 bits per heavy atom. The summed E-state index contributed by atoms with van der Waals surface area (Å²) in [5.41, 5.74) is -0.0844. The molecule has 1 aromatic carbocycles. The van der Waals surface area contributed by atoms with Crippen LogP contribution in [0.2, 0.25) is 5.02 Å². The van der Waals surface area contributed by atoms with Gasteiger partial charge in [-0.25, -0.2) is 0 Å². The highest BCUT2D eigenvalue weighted by Gasteiger charge is 2.09. The maximum absolute atomic E-state index is 10.5. The average molecular weight is 288 g/mol. The van der Waals surface area contributed by atoms with Crippen molar-refractivity contribution in [3.63, 3.8) is 0 Å². The fourth-order valence-electron chi connectivity index (χ4n) is 1.46. The van der Waals surface area contributed by atoms with Crippen molar-refractivity contribution in [3.05, 3.63) is 33.3 Å². The first-order valence-corrected chi connectivity index (χ1v) is 6.17. The predicted octanol–water partition coefficient (Wildman–Crippen LogP) is 3.27. The number of benzene rings is 1. The first-order valence-electron chi connectivity index (χ1n) is 5.79. The summed E-state index contributed by atoms with van der Waals surface area (Å²) in [6.45, 7) is 0.400. The number of hydrogen-bond donors (Lipinski definition) is 1. The number of ether oxygens (including phenoxy) is 1. The van der Waals surface area contributed by atoms with Gasteiger partial charge < -0.3 is 9.84 Å². The molecule has 1 N–H and O–H groups in total. The van der Waals surface area contributed by atoms with Crippen molar-refractivity contribution in [1.29, 1.82) is 0 Å². The molecule has 0 amide bonds. The summed E-state index contributed by atoms with van der Waals surface area (Å²) in [5.74, 6) is -0.412. The third-order valence-electron chi connectivity index (χ3n) is 2.42. The Bertz CT molecular complexity index is 463. The zero-order chi connectivity index (χ0) is 14.3. The molecular formula is C12H14ClNO5. The van der Waals surface area contributed by atoms with Gasteiger partial charge in [-0.05, 0) is 25.3 Å². The minimum atomic E-state index is -0.806. The van der Waals surface area contributed by atoms with E-state index < -0.39 is 10.9 Å². The van der Waals surface area contributed by atoms with E-state index in [9.17, 15) is 14.9 Å². The number of carboxylic acid groups (broad SMARTS) is 1. The molecule has 0 fully saturated rings. The van der Waals surface area contributed by atoms with E-state index in [1.54, 1.807) is 0 Å². The summed E-state index contributed by atoms with van der Waals surface area (Å²) >= 11 is 5.85. The van der Waals surface area contributed by atoms with Crippen LogP contribution in [0.5, 0.6) is 5.75 Å². The number of hydrogen-bond acceptors (Lipinski definition) is 4. The van der Waals surface area contributed by atoms with E-state index in [1.165, 1.54) is 18.2 Å². The average Bonchev–Trinajstić information content (AvgIpc) is 2.34. The third-order valence-corrected chi connectivity index (χ3v) is 2.71. The van der Waals surface area contributed by atoms with Crippen molar-refractivity contribution in [1.82, 2.24) is 0 Å². The smallest absolute Gasteiger partial charge is 0.303 e. The highest BCUT2D eigenvalue weighted by Crippen LogP contribution is 2.28. The number of rotatable bonds is 8. The Balaban J connectivity index is 2.33. The highest BCUT2D eigenvalue weighted by molar-refractivity contribution is 6.32. The lowest BCUT2D eigenvalue weighted by atomic mass is 10.2. The van der Waals surface area contributed by atoms with Gasteiger partial charge in [0.05, 0.1) is 16.6 Å². The molecule has 0 aliphatic rings. The van der Waals surface area contributed by atoms with Crippen LogP contribution in [0.25, 0.3) is 0 Å². The van der Waals surface area contributed by atoms with Crippen LogP contribution in [-0.4, -0.2) is 22.6 Å². The number of nitrogens with zero attached hydrogens (tertiary/aromatic N) is 1. The Labute approximate surface area is 115 Å². The summed E-state index contributed by atoms with van der Waals surface area (Å²) < 4.78 is 5.38. The second kappa shape index (κ2) is 7.58.